The molecule has 1 unspecified atom stereocenters. The van der Waals surface area contributed by atoms with E-state index in [-0.39, 0.29) is 17.7 Å². The summed E-state index contributed by atoms with van der Waals surface area (Å²) in [5.74, 6) is 0.592. The van der Waals surface area contributed by atoms with Crippen LogP contribution in [0.15, 0.2) is 21.6 Å². The van der Waals surface area contributed by atoms with Crippen molar-refractivity contribution in [2.75, 3.05) is 13.2 Å². The molecule has 1 aromatic heterocycles. The summed E-state index contributed by atoms with van der Waals surface area (Å²) in [7, 11) is -3.66. The molecule has 0 aromatic carbocycles. The van der Waals surface area contributed by atoms with E-state index >= 15 is 0 Å². The van der Waals surface area contributed by atoms with Crippen molar-refractivity contribution >= 4 is 10.0 Å². The first kappa shape index (κ1) is 17.2. The largest absolute Gasteiger partial charge is 0.447 e. The summed E-state index contributed by atoms with van der Waals surface area (Å²) in [5, 5.41) is 12.0. The van der Waals surface area contributed by atoms with Crippen LogP contribution in [0, 0.1) is 0 Å². The summed E-state index contributed by atoms with van der Waals surface area (Å²) in [5.41, 5.74) is 0. The molecule has 3 N–H and O–H groups in total. The quantitative estimate of drug-likeness (QED) is 0.565. The Kier molecular flexibility index (Phi) is 7.22. The van der Waals surface area contributed by atoms with E-state index in [1.807, 2.05) is 6.92 Å². The number of aliphatic hydroxyl groups is 1. The number of nitrogens with one attached hydrogen (secondary N) is 2. The van der Waals surface area contributed by atoms with Crippen molar-refractivity contribution in [3.05, 3.63) is 17.9 Å². The van der Waals surface area contributed by atoms with Gasteiger partial charge in [-0.05, 0) is 37.9 Å². The predicted molar refractivity (Wildman–Crippen MR) is 76.8 cm³/mol. The molecule has 116 valence electrons. The third kappa shape index (κ3) is 5.24. The van der Waals surface area contributed by atoms with Crippen LogP contribution in [0.1, 0.15) is 38.9 Å². The summed E-state index contributed by atoms with van der Waals surface area (Å²) in [6.45, 7) is 5.24. The number of hydrogen-bond donors (Lipinski definition) is 3. The average Bonchev–Trinajstić information content (AvgIpc) is 2.88. The highest BCUT2D eigenvalue weighted by Gasteiger charge is 2.22. The Labute approximate surface area is 120 Å². The number of aliphatic hydroxyl groups excluding tert-OH is 1. The van der Waals surface area contributed by atoms with E-state index < -0.39 is 10.0 Å². The summed E-state index contributed by atoms with van der Waals surface area (Å²) in [6, 6.07) is 2.83. The zero-order chi connectivity index (χ0) is 15.0. The Morgan fingerprint density at radius 2 is 2.10 bits per heavy atom. The Hall–Kier alpha value is -0.890. The molecule has 6 nitrogen and oxygen atoms in total. The van der Waals surface area contributed by atoms with Gasteiger partial charge in [-0.2, -0.15) is 0 Å². The summed E-state index contributed by atoms with van der Waals surface area (Å²) in [6.07, 6.45) is 2.01. The van der Waals surface area contributed by atoms with E-state index in [4.69, 9.17) is 9.52 Å². The van der Waals surface area contributed by atoms with Gasteiger partial charge >= 0.3 is 0 Å². The third-order valence-electron chi connectivity index (χ3n) is 2.92. The molecule has 0 saturated heterocycles. The lowest BCUT2D eigenvalue weighted by molar-refractivity contribution is 0.269. The van der Waals surface area contributed by atoms with Gasteiger partial charge in [0.1, 0.15) is 5.76 Å². The fourth-order valence-corrected chi connectivity index (χ4v) is 3.07. The van der Waals surface area contributed by atoms with Gasteiger partial charge < -0.3 is 14.8 Å². The molecular weight excluding hydrogens is 280 g/mol. The van der Waals surface area contributed by atoms with Gasteiger partial charge in [0.05, 0.1) is 6.54 Å². The van der Waals surface area contributed by atoms with Gasteiger partial charge in [0, 0.05) is 12.6 Å². The fourth-order valence-electron chi connectivity index (χ4n) is 1.77. The van der Waals surface area contributed by atoms with E-state index in [0.717, 1.165) is 13.0 Å². The second kappa shape index (κ2) is 8.41. The minimum absolute atomic E-state index is 0.0502. The van der Waals surface area contributed by atoms with Crippen LogP contribution in [0.25, 0.3) is 0 Å². The lowest BCUT2D eigenvalue weighted by atomic mass is 10.2. The SMILES string of the molecule is CCCNCc1ccc(S(=O)(=O)NC(CC)CCO)o1. The van der Waals surface area contributed by atoms with Crippen molar-refractivity contribution in [2.45, 2.75) is 50.8 Å². The monoisotopic (exact) mass is 304 g/mol. The van der Waals surface area contributed by atoms with Crippen LogP contribution in [0.4, 0.5) is 0 Å². The number of furan rings is 1. The zero-order valence-electron chi connectivity index (χ0n) is 12.1. The molecule has 1 heterocycles. The van der Waals surface area contributed by atoms with Crippen LogP contribution in [0.5, 0.6) is 0 Å². The normalized spacial score (nSPS) is 13.6. The maximum Gasteiger partial charge on any atom is 0.274 e. The molecule has 7 heteroatoms. The Balaban J connectivity index is 2.67. The molecule has 1 aromatic rings. The van der Waals surface area contributed by atoms with E-state index in [1.54, 1.807) is 6.07 Å². The predicted octanol–water partition coefficient (Wildman–Crippen LogP) is 1.22. The minimum Gasteiger partial charge on any atom is -0.447 e. The molecule has 0 spiro atoms. The molecule has 1 rings (SSSR count). The van der Waals surface area contributed by atoms with Gasteiger partial charge in [0.25, 0.3) is 10.0 Å². The molecule has 0 aliphatic rings. The van der Waals surface area contributed by atoms with E-state index in [0.29, 0.717) is 25.1 Å². The molecule has 0 bridgehead atoms. The smallest absolute Gasteiger partial charge is 0.274 e. The fraction of sp³-hybridized carbons (Fsp3) is 0.692. The van der Waals surface area contributed by atoms with Crippen LogP contribution >= 0.6 is 0 Å². The molecule has 0 aliphatic carbocycles. The molecule has 0 radical (unpaired) electrons. The van der Waals surface area contributed by atoms with Crippen molar-refractivity contribution in [1.82, 2.24) is 10.0 Å². The second-order valence-corrected chi connectivity index (χ2v) is 6.28. The number of rotatable bonds is 10. The van der Waals surface area contributed by atoms with Gasteiger partial charge in [-0.15, -0.1) is 0 Å². The van der Waals surface area contributed by atoms with Crippen LogP contribution in [-0.2, 0) is 16.6 Å². The molecule has 0 saturated carbocycles. The maximum atomic E-state index is 12.1. The topological polar surface area (TPSA) is 91.6 Å². The molecular formula is C13H24N2O4S. The van der Waals surface area contributed by atoms with Gasteiger partial charge in [-0.1, -0.05) is 13.8 Å². The van der Waals surface area contributed by atoms with Crippen LogP contribution in [0.2, 0.25) is 0 Å². The summed E-state index contributed by atoms with van der Waals surface area (Å²) in [4.78, 5) is 0. The van der Waals surface area contributed by atoms with Gasteiger partial charge in [0.15, 0.2) is 0 Å². The first-order chi connectivity index (χ1) is 9.53. The first-order valence-corrected chi connectivity index (χ1v) is 8.44. The number of sulfonamides is 1. The van der Waals surface area contributed by atoms with Crippen molar-refractivity contribution in [3.8, 4) is 0 Å². The first-order valence-electron chi connectivity index (χ1n) is 6.96. The molecule has 1 atom stereocenters. The lowest BCUT2D eigenvalue weighted by Gasteiger charge is -2.14. The van der Waals surface area contributed by atoms with Crippen LogP contribution in [0.3, 0.4) is 0 Å². The van der Waals surface area contributed by atoms with Crippen molar-refractivity contribution in [1.29, 1.82) is 0 Å². The van der Waals surface area contributed by atoms with Gasteiger partial charge in [0.2, 0.25) is 5.09 Å². The second-order valence-electron chi connectivity index (χ2n) is 4.64. The summed E-state index contributed by atoms with van der Waals surface area (Å²) >= 11 is 0. The molecule has 0 aliphatic heterocycles. The third-order valence-corrected chi connectivity index (χ3v) is 4.31. The highest BCUT2D eigenvalue weighted by Crippen LogP contribution is 2.15. The van der Waals surface area contributed by atoms with Crippen molar-refractivity contribution in [2.24, 2.45) is 0 Å². The maximum absolute atomic E-state index is 12.1. The lowest BCUT2D eigenvalue weighted by Crippen LogP contribution is -2.34. The van der Waals surface area contributed by atoms with Crippen LogP contribution in [-0.4, -0.2) is 32.7 Å². The molecule has 0 fully saturated rings. The highest BCUT2D eigenvalue weighted by atomic mass is 32.2. The van der Waals surface area contributed by atoms with Crippen molar-refractivity contribution < 1.29 is 17.9 Å². The Morgan fingerprint density at radius 1 is 1.35 bits per heavy atom. The number of hydrogen-bond acceptors (Lipinski definition) is 5. The van der Waals surface area contributed by atoms with Crippen LogP contribution < -0.4 is 10.0 Å². The van der Waals surface area contributed by atoms with Gasteiger partial charge in [-0.3, -0.25) is 0 Å². The van der Waals surface area contributed by atoms with E-state index in [2.05, 4.69) is 17.0 Å². The Morgan fingerprint density at radius 3 is 2.70 bits per heavy atom. The summed E-state index contributed by atoms with van der Waals surface area (Å²) < 4.78 is 32.1. The van der Waals surface area contributed by atoms with Gasteiger partial charge in [-0.25, -0.2) is 13.1 Å². The van der Waals surface area contributed by atoms with E-state index in [9.17, 15) is 8.42 Å². The zero-order valence-corrected chi connectivity index (χ0v) is 12.9. The molecule has 20 heavy (non-hydrogen) atoms. The molecule has 0 amide bonds. The Bertz CT molecular complexity index is 484. The minimum atomic E-state index is -3.66. The van der Waals surface area contributed by atoms with E-state index in [1.165, 1.54) is 6.07 Å². The van der Waals surface area contributed by atoms with Crippen molar-refractivity contribution in [3.63, 3.8) is 0 Å². The standard InChI is InChI=1S/C13H24N2O4S/c1-3-8-14-10-12-5-6-13(19-12)20(17,18)15-11(4-2)7-9-16/h5-6,11,14-16H,3-4,7-10H2,1-2H3. The highest BCUT2D eigenvalue weighted by molar-refractivity contribution is 7.89. The average molecular weight is 304 g/mol.